The third-order valence-electron chi connectivity index (χ3n) is 4.69. The summed E-state index contributed by atoms with van der Waals surface area (Å²) in [7, 11) is 0. The van der Waals surface area contributed by atoms with Crippen LogP contribution < -0.4 is 0 Å². The second-order valence-corrected chi connectivity index (χ2v) is 6.99. The van der Waals surface area contributed by atoms with Gasteiger partial charge in [0, 0.05) is 0 Å². The topological polar surface area (TPSA) is 23.8 Å². The lowest BCUT2D eigenvalue weighted by Gasteiger charge is -2.37. The maximum atomic E-state index is 8.69. The molecule has 0 aliphatic heterocycles. The predicted octanol–water partition coefficient (Wildman–Crippen LogP) is 5.07. The molecule has 1 nitrogen and oxygen atoms in total. The van der Waals surface area contributed by atoms with Gasteiger partial charge >= 0.3 is 0 Å². The van der Waals surface area contributed by atoms with Gasteiger partial charge in [-0.15, -0.1) is 0 Å². The Kier molecular flexibility index (Phi) is 4.30. The third kappa shape index (κ3) is 3.60. The largest absolute Gasteiger partial charge is 0.198 e. The van der Waals surface area contributed by atoms with Crippen LogP contribution in [0.4, 0.5) is 0 Å². The zero-order chi connectivity index (χ0) is 13.9. The van der Waals surface area contributed by atoms with E-state index in [9.17, 15) is 0 Å². The van der Waals surface area contributed by atoms with Gasteiger partial charge in [0.15, 0.2) is 0 Å². The number of nitriles is 1. The summed E-state index contributed by atoms with van der Waals surface area (Å²) in [4.78, 5) is 0. The standard InChI is InChI=1S/C18H25N/c1-18(2,3)17-10-8-16(9-11-17)15-6-4-14(5-7-15)12-13-19/h4-7,16-17H,8-12H2,1-3H3. The van der Waals surface area contributed by atoms with Gasteiger partial charge in [-0.05, 0) is 54.1 Å². The molecular formula is C18H25N. The fraction of sp³-hybridized carbons (Fsp3) is 0.611. The first-order valence-corrected chi connectivity index (χ1v) is 7.46. The molecule has 19 heavy (non-hydrogen) atoms. The van der Waals surface area contributed by atoms with Crippen LogP contribution in [0, 0.1) is 22.7 Å². The van der Waals surface area contributed by atoms with Crippen molar-refractivity contribution in [2.24, 2.45) is 11.3 Å². The van der Waals surface area contributed by atoms with Crippen LogP contribution in [0.15, 0.2) is 24.3 Å². The number of benzene rings is 1. The molecule has 102 valence electrons. The van der Waals surface area contributed by atoms with Gasteiger partial charge in [0.25, 0.3) is 0 Å². The first kappa shape index (κ1) is 14.1. The minimum absolute atomic E-state index is 0.460. The van der Waals surface area contributed by atoms with Crippen LogP contribution in [0.3, 0.4) is 0 Å². The lowest BCUT2D eigenvalue weighted by Crippen LogP contribution is -2.25. The molecular weight excluding hydrogens is 230 g/mol. The molecule has 1 aromatic carbocycles. The van der Waals surface area contributed by atoms with E-state index >= 15 is 0 Å². The summed E-state index contributed by atoms with van der Waals surface area (Å²) in [6.45, 7) is 7.11. The molecule has 1 aromatic rings. The summed E-state index contributed by atoms with van der Waals surface area (Å²) in [5.41, 5.74) is 3.06. The van der Waals surface area contributed by atoms with Crippen molar-refractivity contribution in [3.05, 3.63) is 35.4 Å². The van der Waals surface area contributed by atoms with Crippen molar-refractivity contribution in [1.29, 1.82) is 5.26 Å². The third-order valence-corrected chi connectivity index (χ3v) is 4.69. The predicted molar refractivity (Wildman–Crippen MR) is 79.9 cm³/mol. The zero-order valence-corrected chi connectivity index (χ0v) is 12.4. The van der Waals surface area contributed by atoms with Crippen LogP contribution in [-0.2, 0) is 6.42 Å². The lowest BCUT2D eigenvalue weighted by molar-refractivity contribution is 0.169. The van der Waals surface area contributed by atoms with Gasteiger partial charge in [0.2, 0.25) is 0 Å². The lowest BCUT2D eigenvalue weighted by atomic mass is 9.68. The number of rotatable bonds is 2. The fourth-order valence-electron chi connectivity index (χ4n) is 3.29. The molecule has 0 amide bonds. The van der Waals surface area contributed by atoms with Crippen LogP contribution >= 0.6 is 0 Å². The Bertz CT molecular complexity index is 436. The van der Waals surface area contributed by atoms with Crippen LogP contribution in [0.25, 0.3) is 0 Å². The summed E-state index contributed by atoms with van der Waals surface area (Å²) < 4.78 is 0. The van der Waals surface area contributed by atoms with Crippen molar-refractivity contribution in [2.45, 2.75) is 58.8 Å². The monoisotopic (exact) mass is 255 g/mol. The molecule has 1 aliphatic carbocycles. The Morgan fingerprint density at radius 1 is 1.05 bits per heavy atom. The fourth-order valence-corrected chi connectivity index (χ4v) is 3.29. The van der Waals surface area contributed by atoms with Gasteiger partial charge in [-0.3, -0.25) is 0 Å². The molecule has 1 saturated carbocycles. The highest BCUT2D eigenvalue weighted by Crippen LogP contribution is 2.43. The van der Waals surface area contributed by atoms with Crippen molar-refractivity contribution in [3.8, 4) is 6.07 Å². The SMILES string of the molecule is CC(C)(C)C1CCC(c2ccc(CC#N)cc2)CC1. The van der Waals surface area contributed by atoms with Gasteiger partial charge in [-0.25, -0.2) is 0 Å². The van der Waals surface area contributed by atoms with Gasteiger partial charge in [0.1, 0.15) is 0 Å². The molecule has 0 unspecified atom stereocenters. The van der Waals surface area contributed by atoms with Crippen molar-refractivity contribution < 1.29 is 0 Å². The minimum Gasteiger partial charge on any atom is -0.198 e. The summed E-state index contributed by atoms with van der Waals surface area (Å²) in [6, 6.07) is 10.9. The maximum absolute atomic E-state index is 8.69. The number of nitrogens with zero attached hydrogens (tertiary/aromatic N) is 1. The van der Waals surface area contributed by atoms with Gasteiger partial charge < -0.3 is 0 Å². The average Bonchev–Trinajstić information content (AvgIpc) is 2.39. The summed E-state index contributed by atoms with van der Waals surface area (Å²) in [6.07, 6.45) is 5.87. The molecule has 1 heteroatoms. The molecule has 0 bridgehead atoms. The molecule has 0 spiro atoms. The quantitative estimate of drug-likeness (QED) is 0.723. The first-order chi connectivity index (χ1) is 9.00. The molecule has 2 rings (SSSR count). The first-order valence-electron chi connectivity index (χ1n) is 7.46. The van der Waals surface area contributed by atoms with E-state index < -0.39 is 0 Å². The van der Waals surface area contributed by atoms with Gasteiger partial charge in [-0.2, -0.15) is 5.26 Å². The van der Waals surface area contributed by atoms with Crippen LogP contribution in [0.5, 0.6) is 0 Å². The molecule has 0 saturated heterocycles. The molecule has 0 N–H and O–H groups in total. The summed E-state index contributed by atoms with van der Waals surface area (Å²) in [5.74, 6) is 1.61. The Hall–Kier alpha value is -1.29. The summed E-state index contributed by atoms with van der Waals surface area (Å²) in [5, 5.41) is 8.69. The van der Waals surface area contributed by atoms with E-state index in [1.165, 1.54) is 31.2 Å². The van der Waals surface area contributed by atoms with E-state index in [1.54, 1.807) is 0 Å². The van der Waals surface area contributed by atoms with E-state index in [2.05, 4.69) is 51.1 Å². The Labute approximate surface area is 117 Å². The van der Waals surface area contributed by atoms with Gasteiger partial charge in [-0.1, -0.05) is 45.0 Å². The average molecular weight is 255 g/mol. The molecule has 0 radical (unpaired) electrons. The van der Waals surface area contributed by atoms with E-state index in [0.29, 0.717) is 11.8 Å². The zero-order valence-electron chi connectivity index (χ0n) is 12.4. The van der Waals surface area contributed by atoms with Crippen molar-refractivity contribution in [2.75, 3.05) is 0 Å². The highest BCUT2D eigenvalue weighted by Gasteiger charge is 2.30. The Morgan fingerprint density at radius 2 is 1.63 bits per heavy atom. The maximum Gasteiger partial charge on any atom is 0.0669 e. The van der Waals surface area contributed by atoms with Crippen LogP contribution in [0.2, 0.25) is 0 Å². The van der Waals surface area contributed by atoms with Crippen molar-refractivity contribution in [3.63, 3.8) is 0 Å². The number of hydrogen-bond donors (Lipinski definition) is 0. The number of hydrogen-bond acceptors (Lipinski definition) is 1. The normalized spacial score (nSPS) is 23.9. The second-order valence-electron chi connectivity index (χ2n) is 6.99. The van der Waals surface area contributed by atoms with Crippen molar-refractivity contribution in [1.82, 2.24) is 0 Å². The Morgan fingerprint density at radius 3 is 2.11 bits per heavy atom. The van der Waals surface area contributed by atoms with E-state index in [1.807, 2.05) is 0 Å². The second kappa shape index (κ2) is 5.78. The Balaban J connectivity index is 1.96. The minimum atomic E-state index is 0.460. The van der Waals surface area contributed by atoms with E-state index in [0.717, 1.165) is 17.4 Å². The molecule has 0 atom stereocenters. The van der Waals surface area contributed by atoms with Gasteiger partial charge in [0.05, 0.1) is 12.5 Å². The van der Waals surface area contributed by atoms with E-state index in [4.69, 9.17) is 5.26 Å². The highest BCUT2D eigenvalue weighted by atomic mass is 14.3. The van der Waals surface area contributed by atoms with Crippen LogP contribution in [-0.4, -0.2) is 0 Å². The highest BCUT2D eigenvalue weighted by molar-refractivity contribution is 5.27. The van der Waals surface area contributed by atoms with Crippen LogP contribution in [0.1, 0.15) is 63.5 Å². The summed E-state index contributed by atoms with van der Waals surface area (Å²) >= 11 is 0. The van der Waals surface area contributed by atoms with Crippen molar-refractivity contribution >= 4 is 0 Å². The molecule has 0 aromatic heterocycles. The molecule has 1 aliphatic rings. The molecule has 1 fully saturated rings. The van der Waals surface area contributed by atoms with E-state index in [-0.39, 0.29) is 0 Å². The smallest absolute Gasteiger partial charge is 0.0669 e. The molecule has 0 heterocycles.